The van der Waals surface area contributed by atoms with Crippen LogP contribution in [0.1, 0.15) is 36.7 Å². The summed E-state index contributed by atoms with van der Waals surface area (Å²) in [5.41, 5.74) is 1.42. The average molecular weight is 372 g/mol. The van der Waals surface area contributed by atoms with E-state index < -0.39 is 11.2 Å². The Hall–Kier alpha value is -2.68. The van der Waals surface area contributed by atoms with E-state index in [1.807, 2.05) is 4.90 Å². The summed E-state index contributed by atoms with van der Waals surface area (Å²) in [6.45, 7) is 5.37. The second kappa shape index (κ2) is 6.80. The zero-order valence-corrected chi connectivity index (χ0v) is 15.4. The van der Waals surface area contributed by atoms with Crippen LogP contribution in [0.2, 0.25) is 0 Å². The first kappa shape index (κ1) is 17.7. The number of carbonyl (C=O) groups excluding carboxylic acids is 1. The number of rotatable bonds is 3. The normalized spacial score (nSPS) is 19.2. The van der Waals surface area contributed by atoms with Crippen molar-refractivity contribution in [3.8, 4) is 0 Å². The molecule has 0 bridgehead atoms. The molecule has 0 aromatic carbocycles. The van der Waals surface area contributed by atoms with Gasteiger partial charge in [-0.05, 0) is 19.4 Å². The number of aromatic nitrogens is 4. The maximum absolute atomic E-state index is 12.7. The van der Waals surface area contributed by atoms with Crippen LogP contribution in [0.15, 0.2) is 22.1 Å². The van der Waals surface area contributed by atoms with E-state index in [0.717, 1.165) is 38.0 Å². The van der Waals surface area contributed by atoms with Gasteiger partial charge in [-0.25, -0.2) is 9.78 Å². The third-order valence-corrected chi connectivity index (χ3v) is 5.96. The Kier molecular flexibility index (Phi) is 4.47. The van der Waals surface area contributed by atoms with Gasteiger partial charge in [0.15, 0.2) is 0 Å². The molecule has 0 aliphatic carbocycles. The van der Waals surface area contributed by atoms with Gasteiger partial charge in [0, 0.05) is 43.5 Å². The number of nitrogens with zero attached hydrogens (tertiary/aromatic N) is 3. The van der Waals surface area contributed by atoms with Crippen molar-refractivity contribution in [3.63, 3.8) is 0 Å². The largest absolute Gasteiger partial charge is 0.348 e. The van der Waals surface area contributed by atoms with Gasteiger partial charge in [-0.15, -0.1) is 0 Å². The summed E-state index contributed by atoms with van der Waals surface area (Å²) in [5, 5.41) is 0. The lowest BCUT2D eigenvalue weighted by Gasteiger charge is -2.50. The van der Waals surface area contributed by atoms with Gasteiger partial charge >= 0.3 is 5.69 Å². The minimum atomic E-state index is -0.567. The number of hydrogen-bond donors (Lipinski definition) is 3. The summed E-state index contributed by atoms with van der Waals surface area (Å²) in [7, 11) is 0. The van der Waals surface area contributed by atoms with Gasteiger partial charge in [0.2, 0.25) is 5.91 Å². The highest BCUT2D eigenvalue weighted by atomic mass is 16.2. The van der Waals surface area contributed by atoms with Crippen molar-refractivity contribution in [2.75, 3.05) is 26.2 Å². The maximum Gasteiger partial charge on any atom is 0.325 e. The minimum Gasteiger partial charge on any atom is -0.348 e. The highest BCUT2D eigenvalue weighted by molar-refractivity contribution is 5.78. The number of carbonyl (C=O) groups is 1. The van der Waals surface area contributed by atoms with Crippen molar-refractivity contribution in [1.29, 1.82) is 0 Å². The molecule has 2 aliphatic rings. The molecule has 9 nitrogen and oxygen atoms in total. The second-order valence-electron chi connectivity index (χ2n) is 7.25. The molecule has 2 aliphatic heterocycles. The fourth-order valence-corrected chi connectivity index (χ4v) is 4.51. The Bertz CT molecular complexity index is 950. The molecule has 2 aromatic rings. The average Bonchev–Trinajstić information content (AvgIpc) is 3.15. The van der Waals surface area contributed by atoms with E-state index in [1.54, 1.807) is 6.33 Å². The van der Waals surface area contributed by atoms with E-state index in [2.05, 4.69) is 31.8 Å². The number of nitrogens with one attached hydrogen (secondary N) is 3. The number of H-pyrrole nitrogens is 3. The standard InChI is InChI=1S/C18H24N6O3/c1-2-24-6-3-13-15(21-11-20-13)18(24)4-7-23(8-5-18)14(25)9-12-10-19-17(27)22-16(12)26/h10-11H,2-9H2,1H3,(H,20,21)(H2,19,22,26,27). The molecule has 144 valence electrons. The predicted octanol–water partition coefficient (Wildman–Crippen LogP) is -0.275. The van der Waals surface area contributed by atoms with Crippen molar-refractivity contribution < 1.29 is 4.79 Å². The lowest BCUT2D eigenvalue weighted by molar-refractivity contribution is -0.133. The summed E-state index contributed by atoms with van der Waals surface area (Å²) in [4.78, 5) is 52.4. The van der Waals surface area contributed by atoms with Crippen LogP contribution in [0, 0.1) is 0 Å². The van der Waals surface area contributed by atoms with Crippen LogP contribution < -0.4 is 11.2 Å². The monoisotopic (exact) mass is 372 g/mol. The molecule has 1 amide bonds. The van der Waals surface area contributed by atoms with Crippen molar-refractivity contribution in [2.24, 2.45) is 0 Å². The first-order valence-corrected chi connectivity index (χ1v) is 9.40. The Morgan fingerprint density at radius 2 is 2.00 bits per heavy atom. The summed E-state index contributed by atoms with van der Waals surface area (Å²) in [5.74, 6) is -0.0940. The molecule has 0 atom stereocenters. The van der Waals surface area contributed by atoms with E-state index in [9.17, 15) is 14.4 Å². The van der Waals surface area contributed by atoms with Crippen LogP contribution in [-0.2, 0) is 23.2 Å². The molecule has 0 radical (unpaired) electrons. The molecule has 4 rings (SSSR count). The predicted molar refractivity (Wildman–Crippen MR) is 98.4 cm³/mol. The molecule has 4 heterocycles. The fraction of sp³-hybridized carbons (Fsp3) is 0.556. The molecule has 0 unspecified atom stereocenters. The fourth-order valence-electron chi connectivity index (χ4n) is 4.51. The number of hydrogen-bond acceptors (Lipinski definition) is 5. The molecule has 27 heavy (non-hydrogen) atoms. The van der Waals surface area contributed by atoms with Crippen LogP contribution in [0.4, 0.5) is 0 Å². The Labute approximate surface area is 155 Å². The van der Waals surface area contributed by atoms with E-state index in [-0.39, 0.29) is 23.4 Å². The first-order valence-electron chi connectivity index (χ1n) is 9.40. The molecule has 3 N–H and O–H groups in total. The molecule has 2 aromatic heterocycles. The van der Waals surface area contributed by atoms with Crippen LogP contribution >= 0.6 is 0 Å². The topological polar surface area (TPSA) is 118 Å². The highest BCUT2D eigenvalue weighted by Crippen LogP contribution is 2.41. The van der Waals surface area contributed by atoms with E-state index >= 15 is 0 Å². The summed E-state index contributed by atoms with van der Waals surface area (Å²) in [6, 6.07) is 0. The second-order valence-corrected chi connectivity index (χ2v) is 7.25. The quantitative estimate of drug-likeness (QED) is 0.685. The van der Waals surface area contributed by atoms with Crippen LogP contribution in [0.3, 0.4) is 0 Å². The van der Waals surface area contributed by atoms with Crippen LogP contribution in [0.25, 0.3) is 0 Å². The van der Waals surface area contributed by atoms with Crippen molar-refractivity contribution in [1.82, 2.24) is 29.7 Å². The van der Waals surface area contributed by atoms with Gasteiger partial charge in [0.25, 0.3) is 5.56 Å². The summed E-state index contributed by atoms with van der Waals surface area (Å²) < 4.78 is 0. The van der Waals surface area contributed by atoms with Gasteiger partial charge in [-0.1, -0.05) is 6.92 Å². The molecule has 1 fully saturated rings. The van der Waals surface area contributed by atoms with Gasteiger partial charge in [-0.2, -0.15) is 0 Å². The molecular weight excluding hydrogens is 348 g/mol. The number of fused-ring (bicyclic) bond motifs is 2. The third-order valence-electron chi connectivity index (χ3n) is 5.96. The number of likely N-dealkylation sites (tertiary alicyclic amines) is 1. The van der Waals surface area contributed by atoms with Gasteiger partial charge in [0.1, 0.15) is 0 Å². The first-order chi connectivity index (χ1) is 13.0. The van der Waals surface area contributed by atoms with E-state index in [4.69, 9.17) is 0 Å². The highest BCUT2D eigenvalue weighted by Gasteiger charge is 2.46. The Balaban J connectivity index is 1.49. The molecule has 0 saturated carbocycles. The molecule has 9 heteroatoms. The summed E-state index contributed by atoms with van der Waals surface area (Å²) in [6.07, 6.45) is 5.71. The Morgan fingerprint density at radius 3 is 2.70 bits per heavy atom. The minimum absolute atomic E-state index is 0.00966. The van der Waals surface area contributed by atoms with Gasteiger partial charge < -0.3 is 14.9 Å². The van der Waals surface area contributed by atoms with Crippen molar-refractivity contribution in [3.05, 3.63) is 50.3 Å². The third kappa shape index (κ3) is 3.01. The van der Waals surface area contributed by atoms with Crippen LogP contribution in [-0.4, -0.2) is 61.8 Å². The number of amides is 1. The lowest BCUT2D eigenvalue weighted by Crippen LogP contribution is -2.57. The molecule has 1 saturated heterocycles. The SMILES string of the molecule is CCN1CCc2[nH]cnc2C12CCN(C(=O)Cc1c[nH]c(=O)[nH]c1=O)CC2. The zero-order valence-electron chi connectivity index (χ0n) is 15.4. The van der Waals surface area contributed by atoms with Crippen molar-refractivity contribution in [2.45, 2.75) is 38.1 Å². The molecular formula is C18H24N6O3. The van der Waals surface area contributed by atoms with E-state index in [1.165, 1.54) is 11.9 Å². The number of piperidine rings is 1. The maximum atomic E-state index is 12.7. The van der Waals surface area contributed by atoms with Crippen LogP contribution in [0.5, 0.6) is 0 Å². The van der Waals surface area contributed by atoms with Crippen molar-refractivity contribution >= 4 is 5.91 Å². The zero-order chi connectivity index (χ0) is 19.0. The number of imidazole rings is 1. The molecule has 1 spiro atoms. The van der Waals surface area contributed by atoms with E-state index in [0.29, 0.717) is 13.1 Å². The lowest BCUT2D eigenvalue weighted by atomic mass is 9.78. The summed E-state index contributed by atoms with van der Waals surface area (Å²) >= 11 is 0. The smallest absolute Gasteiger partial charge is 0.325 e. The number of likely N-dealkylation sites (N-methyl/N-ethyl adjacent to an activating group) is 1. The Morgan fingerprint density at radius 1 is 1.22 bits per heavy atom. The van der Waals surface area contributed by atoms with Gasteiger partial charge in [0.05, 0.1) is 24.0 Å². The van der Waals surface area contributed by atoms with Gasteiger partial charge in [-0.3, -0.25) is 19.5 Å². The number of aromatic amines is 3.